The molecule has 3 unspecified atom stereocenters. The fourth-order valence-electron chi connectivity index (χ4n) is 5.91. The van der Waals surface area contributed by atoms with E-state index in [9.17, 15) is 19.2 Å². The first-order valence-electron chi connectivity index (χ1n) is 13.5. The summed E-state index contributed by atoms with van der Waals surface area (Å²) in [6, 6.07) is 10.8. The molecule has 38 heavy (non-hydrogen) atoms. The Morgan fingerprint density at radius 2 is 1.74 bits per heavy atom. The van der Waals surface area contributed by atoms with Gasteiger partial charge in [-0.2, -0.15) is 0 Å². The standard InChI is InChI=1S/C29H35N5O4/c1-19(2)17-23(31-27(36)20-8-10-21(11-9-20)32-14-5-6-15-32)29(38)33-16-12-24-26(33)25(35)18-34(24)28(37)22-7-3-4-13-30-22/h3-4,7-11,13,19,23-24,26H,5-6,12,14-18H2,1-2H3,(H,31,36). The van der Waals surface area contributed by atoms with Crippen molar-refractivity contribution >= 4 is 29.2 Å². The highest BCUT2D eigenvalue weighted by molar-refractivity contribution is 6.03. The minimum Gasteiger partial charge on any atom is -0.372 e. The van der Waals surface area contributed by atoms with Crippen LogP contribution >= 0.6 is 0 Å². The molecule has 1 N–H and O–H groups in total. The highest BCUT2D eigenvalue weighted by atomic mass is 16.2. The zero-order valence-electron chi connectivity index (χ0n) is 22.0. The molecule has 1 aromatic heterocycles. The molecule has 9 heteroatoms. The molecule has 3 aliphatic rings. The Balaban J connectivity index is 1.29. The lowest BCUT2D eigenvalue weighted by Gasteiger charge is -2.29. The van der Waals surface area contributed by atoms with Gasteiger partial charge in [0.25, 0.3) is 11.8 Å². The number of nitrogens with zero attached hydrogens (tertiary/aromatic N) is 4. The Morgan fingerprint density at radius 3 is 2.39 bits per heavy atom. The molecule has 5 rings (SSSR count). The lowest BCUT2D eigenvalue weighted by molar-refractivity contribution is -0.138. The van der Waals surface area contributed by atoms with Gasteiger partial charge in [0.1, 0.15) is 17.8 Å². The summed E-state index contributed by atoms with van der Waals surface area (Å²) in [7, 11) is 0. The van der Waals surface area contributed by atoms with E-state index in [1.54, 1.807) is 46.3 Å². The summed E-state index contributed by atoms with van der Waals surface area (Å²) in [4.78, 5) is 62.5. The normalized spacial score (nSPS) is 21.7. The second-order valence-corrected chi connectivity index (χ2v) is 10.8. The number of hydrogen-bond acceptors (Lipinski definition) is 6. The Morgan fingerprint density at radius 1 is 1.00 bits per heavy atom. The van der Waals surface area contributed by atoms with Gasteiger partial charge in [-0.1, -0.05) is 19.9 Å². The molecule has 0 saturated carbocycles. The zero-order chi connectivity index (χ0) is 26.8. The minimum absolute atomic E-state index is 0.0426. The van der Waals surface area contributed by atoms with Crippen LogP contribution in [0.15, 0.2) is 48.7 Å². The number of aromatic nitrogens is 1. The van der Waals surface area contributed by atoms with Gasteiger partial charge in [-0.3, -0.25) is 24.2 Å². The van der Waals surface area contributed by atoms with Gasteiger partial charge in [0.2, 0.25) is 5.91 Å². The number of rotatable bonds is 7. The number of nitrogens with one attached hydrogen (secondary N) is 1. The van der Waals surface area contributed by atoms with E-state index >= 15 is 0 Å². The molecule has 200 valence electrons. The number of pyridine rings is 1. The van der Waals surface area contributed by atoms with Crippen LogP contribution in [0.25, 0.3) is 0 Å². The van der Waals surface area contributed by atoms with Crippen molar-refractivity contribution in [1.29, 1.82) is 0 Å². The number of Topliss-reactive ketones (excluding diaryl/α,β-unsaturated/α-hetero) is 1. The van der Waals surface area contributed by atoms with Crippen LogP contribution in [0.4, 0.5) is 5.69 Å². The van der Waals surface area contributed by atoms with Gasteiger partial charge in [0.15, 0.2) is 5.78 Å². The number of carbonyl (C=O) groups excluding carboxylic acids is 4. The number of fused-ring (bicyclic) bond motifs is 1. The topological polar surface area (TPSA) is 103 Å². The molecule has 1 aromatic carbocycles. The van der Waals surface area contributed by atoms with Crippen LogP contribution in [0.5, 0.6) is 0 Å². The molecule has 3 amide bonds. The number of hydrogen-bond donors (Lipinski definition) is 1. The molecule has 3 saturated heterocycles. The maximum absolute atomic E-state index is 13.7. The smallest absolute Gasteiger partial charge is 0.273 e. The van der Waals surface area contributed by atoms with Crippen LogP contribution in [0, 0.1) is 5.92 Å². The second kappa shape index (κ2) is 10.9. The predicted octanol–water partition coefficient (Wildman–Crippen LogP) is 2.52. The molecule has 2 aromatic rings. The molecule has 3 aliphatic heterocycles. The summed E-state index contributed by atoms with van der Waals surface area (Å²) in [6.45, 7) is 6.37. The summed E-state index contributed by atoms with van der Waals surface area (Å²) < 4.78 is 0. The van der Waals surface area contributed by atoms with Crippen molar-refractivity contribution in [3.05, 3.63) is 59.9 Å². The van der Waals surface area contributed by atoms with Crippen LogP contribution < -0.4 is 10.2 Å². The summed E-state index contributed by atoms with van der Waals surface area (Å²) in [5, 5.41) is 2.94. The van der Waals surface area contributed by atoms with E-state index in [4.69, 9.17) is 0 Å². The van der Waals surface area contributed by atoms with Gasteiger partial charge >= 0.3 is 0 Å². The Bertz CT molecular complexity index is 1190. The maximum Gasteiger partial charge on any atom is 0.273 e. The van der Waals surface area contributed by atoms with Crippen LogP contribution in [0.3, 0.4) is 0 Å². The van der Waals surface area contributed by atoms with E-state index < -0.39 is 12.1 Å². The Hall–Kier alpha value is -3.75. The quantitative estimate of drug-likeness (QED) is 0.606. The molecular formula is C29H35N5O4. The van der Waals surface area contributed by atoms with Gasteiger partial charge < -0.3 is 20.0 Å². The van der Waals surface area contributed by atoms with Crippen LogP contribution in [0.2, 0.25) is 0 Å². The van der Waals surface area contributed by atoms with E-state index in [-0.39, 0.29) is 47.7 Å². The van der Waals surface area contributed by atoms with Crippen molar-refractivity contribution in [2.24, 2.45) is 5.92 Å². The highest BCUT2D eigenvalue weighted by Gasteiger charge is 2.52. The number of benzene rings is 1. The average molecular weight is 518 g/mol. The molecule has 3 atom stereocenters. The number of ketones is 1. The van der Waals surface area contributed by atoms with Crippen molar-refractivity contribution in [3.63, 3.8) is 0 Å². The van der Waals surface area contributed by atoms with Crippen molar-refractivity contribution < 1.29 is 19.2 Å². The minimum atomic E-state index is -0.757. The first-order chi connectivity index (χ1) is 18.3. The third-order valence-electron chi connectivity index (χ3n) is 7.76. The van der Waals surface area contributed by atoms with E-state index in [2.05, 4.69) is 15.2 Å². The van der Waals surface area contributed by atoms with E-state index in [0.29, 0.717) is 24.9 Å². The SMILES string of the molecule is CC(C)CC(NC(=O)c1ccc(N2CCCC2)cc1)C(=O)N1CCC2C1C(=O)CN2C(=O)c1ccccn1. The van der Waals surface area contributed by atoms with Gasteiger partial charge in [-0.15, -0.1) is 0 Å². The molecule has 9 nitrogen and oxygen atoms in total. The zero-order valence-corrected chi connectivity index (χ0v) is 22.0. The molecule has 0 bridgehead atoms. The van der Waals surface area contributed by atoms with Crippen LogP contribution in [-0.2, 0) is 9.59 Å². The summed E-state index contributed by atoms with van der Waals surface area (Å²) in [6.07, 6.45) is 4.87. The first kappa shape index (κ1) is 25.9. The van der Waals surface area contributed by atoms with Crippen LogP contribution in [0.1, 0.15) is 60.4 Å². The fourth-order valence-corrected chi connectivity index (χ4v) is 5.91. The summed E-state index contributed by atoms with van der Waals surface area (Å²) >= 11 is 0. The molecule has 3 fully saturated rings. The molecule has 0 spiro atoms. The van der Waals surface area contributed by atoms with Gasteiger partial charge in [0.05, 0.1) is 12.6 Å². The molecule has 4 heterocycles. The second-order valence-electron chi connectivity index (χ2n) is 10.8. The molecular weight excluding hydrogens is 482 g/mol. The van der Waals surface area contributed by atoms with Gasteiger partial charge in [-0.25, -0.2) is 0 Å². The number of amides is 3. The summed E-state index contributed by atoms with van der Waals surface area (Å²) in [5.74, 6) is -0.879. The van der Waals surface area contributed by atoms with Crippen molar-refractivity contribution in [2.75, 3.05) is 31.1 Å². The highest BCUT2D eigenvalue weighted by Crippen LogP contribution is 2.31. The largest absolute Gasteiger partial charge is 0.372 e. The Labute approximate surface area is 223 Å². The van der Waals surface area contributed by atoms with E-state index in [1.807, 2.05) is 26.0 Å². The maximum atomic E-state index is 13.7. The predicted molar refractivity (Wildman–Crippen MR) is 143 cm³/mol. The first-order valence-corrected chi connectivity index (χ1v) is 13.5. The monoisotopic (exact) mass is 517 g/mol. The van der Waals surface area contributed by atoms with Crippen molar-refractivity contribution in [2.45, 2.75) is 57.7 Å². The number of carbonyl (C=O) groups is 4. The van der Waals surface area contributed by atoms with E-state index in [0.717, 1.165) is 18.8 Å². The third kappa shape index (κ3) is 5.14. The van der Waals surface area contributed by atoms with E-state index in [1.165, 1.54) is 12.8 Å². The fraction of sp³-hybridized carbons (Fsp3) is 0.483. The van der Waals surface area contributed by atoms with Gasteiger partial charge in [0, 0.05) is 37.1 Å². The molecule has 0 aliphatic carbocycles. The number of likely N-dealkylation sites (tertiary alicyclic amines) is 2. The van der Waals surface area contributed by atoms with Crippen LogP contribution in [-0.4, -0.2) is 82.6 Å². The third-order valence-corrected chi connectivity index (χ3v) is 7.76. The van der Waals surface area contributed by atoms with Crippen molar-refractivity contribution in [1.82, 2.24) is 20.1 Å². The lowest BCUT2D eigenvalue weighted by atomic mass is 10.0. The van der Waals surface area contributed by atoms with Crippen molar-refractivity contribution in [3.8, 4) is 0 Å². The Kier molecular flexibility index (Phi) is 7.44. The average Bonchev–Trinajstić information content (AvgIpc) is 3.67. The van der Waals surface area contributed by atoms with Gasteiger partial charge in [-0.05, 0) is 68.0 Å². The summed E-state index contributed by atoms with van der Waals surface area (Å²) in [5.41, 5.74) is 1.88. The number of anilines is 1. The lowest BCUT2D eigenvalue weighted by Crippen LogP contribution is -2.53. The molecule has 0 radical (unpaired) electrons.